The van der Waals surface area contributed by atoms with E-state index in [2.05, 4.69) is 4.72 Å². The first-order valence-electron chi connectivity index (χ1n) is 7.42. The maximum absolute atomic E-state index is 12.5. The molecular formula is C16H19F3N2O3S. The molecule has 25 heavy (non-hydrogen) atoms. The van der Waals surface area contributed by atoms with Gasteiger partial charge in [-0.15, -0.1) is 0 Å². The van der Waals surface area contributed by atoms with Crippen molar-refractivity contribution in [2.75, 3.05) is 20.6 Å². The van der Waals surface area contributed by atoms with E-state index in [1.165, 1.54) is 6.26 Å². The van der Waals surface area contributed by atoms with Crippen LogP contribution in [0, 0.1) is 0 Å². The second kappa shape index (κ2) is 7.59. The molecular weight excluding hydrogens is 357 g/mol. The molecule has 0 saturated heterocycles. The number of sulfonamides is 1. The van der Waals surface area contributed by atoms with Crippen molar-refractivity contribution in [1.82, 2.24) is 9.62 Å². The summed E-state index contributed by atoms with van der Waals surface area (Å²) < 4.78 is 69.8. The van der Waals surface area contributed by atoms with Gasteiger partial charge in [0, 0.05) is 6.54 Å². The summed E-state index contributed by atoms with van der Waals surface area (Å²) >= 11 is 0. The molecule has 2 aromatic rings. The van der Waals surface area contributed by atoms with E-state index in [-0.39, 0.29) is 18.2 Å². The number of benzene rings is 1. The van der Waals surface area contributed by atoms with Crippen molar-refractivity contribution in [3.05, 3.63) is 59.5 Å². The minimum atomic E-state index is -4.45. The topological polar surface area (TPSA) is 62.6 Å². The van der Waals surface area contributed by atoms with Crippen LogP contribution < -0.4 is 4.72 Å². The predicted octanol–water partition coefficient (Wildman–Crippen LogP) is 3.02. The van der Waals surface area contributed by atoms with Crippen molar-refractivity contribution in [3.8, 4) is 0 Å². The van der Waals surface area contributed by atoms with Crippen molar-refractivity contribution < 1.29 is 26.0 Å². The monoisotopic (exact) mass is 376 g/mol. The van der Waals surface area contributed by atoms with Crippen LogP contribution in [0.15, 0.2) is 47.1 Å². The first-order chi connectivity index (χ1) is 11.6. The van der Waals surface area contributed by atoms with Crippen LogP contribution in [0.3, 0.4) is 0 Å². The van der Waals surface area contributed by atoms with E-state index in [4.69, 9.17) is 4.42 Å². The fourth-order valence-corrected chi connectivity index (χ4v) is 3.43. The molecule has 0 fully saturated rings. The van der Waals surface area contributed by atoms with E-state index in [0.717, 1.165) is 24.3 Å². The lowest BCUT2D eigenvalue weighted by Crippen LogP contribution is -2.35. The molecule has 0 saturated carbocycles. The summed E-state index contributed by atoms with van der Waals surface area (Å²) in [6, 6.07) is 7.23. The zero-order valence-electron chi connectivity index (χ0n) is 13.7. The van der Waals surface area contributed by atoms with Gasteiger partial charge in [-0.25, -0.2) is 13.1 Å². The van der Waals surface area contributed by atoms with Gasteiger partial charge in [0.1, 0.15) is 5.76 Å². The number of nitrogens with one attached hydrogen (secondary N) is 1. The van der Waals surface area contributed by atoms with Crippen LogP contribution in [-0.2, 0) is 22.0 Å². The molecule has 5 nitrogen and oxygen atoms in total. The van der Waals surface area contributed by atoms with Crippen LogP contribution >= 0.6 is 0 Å². The van der Waals surface area contributed by atoms with Crippen molar-refractivity contribution in [3.63, 3.8) is 0 Å². The maximum atomic E-state index is 12.5. The Bertz CT molecular complexity index is 770. The van der Waals surface area contributed by atoms with Gasteiger partial charge in [-0.2, -0.15) is 13.2 Å². The highest BCUT2D eigenvalue weighted by molar-refractivity contribution is 7.88. The highest BCUT2D eigenvalue weighted by Crippen LogP contribution is 2.29. The highest BCUT2D eigenvalue weighted by atomic mass is 32.2. The van der Waals surface area contributed by atoms with Gasteiger partial charge in [0.15, 0.2) is 0 Å². The fraction of sp³-hybridized carbons (Fsp3) is 0.375. The van der Waals surface area contributed by atoms with Crippen molar-refractivity contribution in [2.24, 2.45) is 0 Å². The molecule has 0 aliphatic carbocycles. The molecule has 0 unspecified atom stereocenters. The number of hydrogen-bond donors (Lipinski definition) is 1. The Morgan fingerprint density at radius 1 is 1.16 bits per heavy atom. The summed E-state index contributed by atoms with van der Waals surface area (Å²) in [4.78, 5) is 1.81. The molecule has 1 atom stereocenters. The number of nitrogens with zero attached hydrogens (tertiary/aromatic N) is 1. The number of halogens is 3. The van der Waals surface area contributed by atoms with Crippen LogP contribution in [0.2, 0.25) is 0 Å². The molecule has 0 bridgehead atoms. The van der Waals surface area contributed by atoms with E-state index in [1.54, 1.807) is 31.1 Å². The Labute approximate surface area is 144 Å². The van der Waals surface area contributed by atoms with Gasteiger partial charge in [-0.3, -0.25) is 4.90 Å². The Kier molecular flexibility index (Phi) is 5.91. The third-order valence-corrected chi connectivity index (χ3v) is 4.95. The van der Waals surface area contributed by atoms with E-state index >= 15 is 0 Å². The summed E-state index contributed by atoms with van der Waals surface area (Å²) in [7, 11) is -0.124. The summed E-state index contributed by atoms with van der Waals surface area (Å²) in [5.74, 6) is 0.214. The predicted molar refractivity (Wildman–Crippen MR) is 87.2 cm³/mol. The van der Waals surface area contributed by atoms with Crippen LogP contribution in [0.1, 0.15) is 22.9 Å². The summed E-state index contributed by atoms with van der Waals surface area (Å²) in [6.07, 6.45) is -2.94. The molecule has 0 amide bonds. The second-order valence-electron chi connectivity index (χ2n) is 5.80. The minimum absolute atomic E-state index is 0.0868. The lowest BCUT2D eigenvalue weighted by atomic mass is 10.1. The van der Waals surface area contributed by atoms with E-state index in [9.17, 15) is 21.6 Å². The van der Waals surface area contributed by atoms with E-state index in [0.29, 0.717) is 5.76 Å². The Balaban J connectivity index is 2.02. The third-order valence-electron chi connectivity index (χ3n) is 3.63. The third kappa shape index (κ3) is 5.58. The van der Waals surface area contributed by atoms with E-state index in [1.807, 2.05) is 0 Å². The molecule has 0 aliphatic heterocycles. The SMILES string of the molecule is CN(C)[C@H](CNS(=O)(=O)Cc1ccc(C(F)(F)F)cc1)c1ccco1. The number of likely N-dealkylation sites (N-methyl/N-ethyl adjacent to an activating group) is 1. The smallest absolute Gasteiger partial charge is 0.416 e. The molecule has 0 aliphatic rings. The van der Waals surface area contributed by atoms with Crippen LogP contribution in [-0.4, -0.2) is 34.0 Å². The average Bonchev–Trinajstić information content (AvgIpc) is 3.00. The number of alkyl halides is 3. The van der Waals surface area contributed by atoms with Gasteiger partial charge in [-0.1, -0.05) is 12.1 Å². The summed E-state index contributed by atoms with van der Waals surface area (Å²) in [6.45, 7) is 0.0868. The molecule has 9 heteroatoms. The largest absolute Gasteiger partial charge is 0.468 e. The fourth-order valence-electron chi connectivity index (χ4n) is 2.28. The Morgan fingerprint density at radius 2 is 1.80 bits per heavy atom. The lowest BCUT2D eigenvalue weighted by Gasteiger charge is -2.22. The van der Waals surface area contributed by atoms with Crippen LogP contribution in [0.25, 0.3) is 0 Å². The number of hydrogen-bond acceptors (Lipinski definition) is 4. The van der Waals surface area contributed by atoms with E-state index < -0.39 is 27.5 Å². The number of rotatable bonds is 7. The lowest BCUT2D eigenvalue weighted by molar-refractivity contribution is -0.137. The van der Waals surface area contributed by atoms with Gasteiger partial charge in [0.25, 0.3) is 0 Å². The molecule has 2 rings (SSSR count). The number of furan rings is 1. The van der Waals surface area contributed by atoms with Crippen LogP contribution in [0.4, 0.5) is 13.2 Å². The highest BCUT2D eigenvalue weighted by Gasteiger charge is 2.30. The molecule has 1 aromatic carbocycles. The summed E-state index contributed by atoms with van der Waals surface area (Å²) in [5, 5.41) is 0. The molecule has 0 spiro atoms. The van der Waals surface area contributed by atoms with Gasteiger partial charge in [0.2, 0.25) is 10.0 Å². The molecule has 1 N–H and O–H groups in total. The standard InChI is InChI=1S/C16H19F3N2O3S/c1-21(2)14(15-4-3-9-24-15)10-20-25(22,23)11-12-5-7-13(8-6-12)16(17,18)19/h3-9,14,20H,10-11H2,1-2H3/t14-/m1/s1. The van der Waals surface area contributed by atoms with Gasteiger partial charge in [0.05, 0.1) is 23.6 Å². The zero-order chi connectivity index (χ0) is 18.7. The summed E-state index contributed by atoms with van der Waals surface area (Å²) in [5.41, 5.74) is -0.535. The normalized spacial score (nSPS) is 14.0. The second-order valence-corrected chi connectivity index (χ2v) is 7.60. The van der Waals surface area contributed by atoms with Crippen molar-refractivity contribution in [1.29, 1.82) is 0 Å². The van der Waals surface area contributed by atoms with Crippen molar-refractivity contribution >= 4 is 10.0 Å². The molecule has 138 valence electrons. The minimum Gasteiger partial charge on any atom is -0.468 e. The quantitative estimate of drug-likeness (QED) is 0.807. The zero-order valence-corrected chi connectivity index (χ0v) is 14.6. The average molecular weight is 376 g/mol. The molecule has 1 aromatic heterocycles. The van der Waals surface area contributed by atoms with Crippen molar-refractivity contribution in [2.45, 2.75) is 18.0 Å². The van der Waals surface area contributed by atoms with Gasteiger partial charge < -0.3 is 4.42 Å². The Morgan fingerprint density at radius 3 is 2.28 bits per heavy atom. The van der Waals surface area contributed by atoms with Crippen LogP contribution in [0.5, 0.6) is 0 Å². The molecule has 1 heterocycles. The first-order valence-corrected chi connectivity index (χ1v) is 9.07. The first kappa shape index (κ1) is 19.5. The molecule has 0 radical (unpaired) electrons. The van der Waals surface area contributed by atoms with Gasteiger partial charge >= 0.3 is 6.18 Å². The van der Waals surface area contributed by atoms with Gasteiger partial charge in [-0.05, 0) is 43.9 Å². The Hall–Kier alpha value is -1.84. The maximum Gasteiger partial charge on any atom is 0.416 e.